The molecule has 19 heavy (non-hydrogen) atoms. The Morgan fingerprint density at radius 2 is 2.21 bits per heavy atom. The molecule has 1 aromatic rings. The van der Waals surface area contributed by atoms with Crippen LogP contribution in [0.4, 0.5) is 10.1 Å². The molecule has 0 radical (unpaired) electrons. The van der Waals surface area contributed by atoms with E-state index in [0.717, 1.165) is 6.42 Å². The highest BCUT2D eigenvalue weighted by Crippen LogP contribution is 2.20. The van der Waals surface area contributed by atoms with Crippen molar-refractivity contribution < 1.29 is 9.18 Å². The number of anilines is 1. The molecule has 3 nitrogen and oxygen atoms in total. The van der Waals surface area contributed by atoms with Crippen LogP contribution in [0.1, 0.15) is 30.6 Å². The van der Waals surface area contributed by atoms with Crippen LogP contribution in [0.3, 0.4) is 0 Å². The summed E-state index contributed by atoms with van der Waals surface area (Å²) in [5.41, 5.74) is 0.653. The second-order valence-corrected chi connectivity index (χ2v) is 5.62. The molecular weight excluding hydrogens is 263 g/mol. The van der Waals surface area contributed by atoms with Crippen LogP contribution in [-0.2, 0) is 0 Å². The van der Waals surface area contributed by atoms with Crippen LogP contribution in [0.2, 0.25) is 0 Å². The highest BCUT2D eigenvalue weighted by atomic mass is 32.2. The summed E-state index contributed by atoms with van der Waals surface area (Å²) in [5.74, 6) is -0.627. The molecule has 1 amide bonds. The van der Waals surface area contributed by atoms with E-state index in [4.69, 9.17) is 0 Å². The Morgan fingerprint density at radius 3 is 2.84 bits per heavy atom. The van der Waals surface area contributed by atoms with Gasteiger partial charge >= 0.3 is 0 Å². The summed E-state index contributed by atoms with van der Waals surface area (Å²) in [6, 6.07) is 4.55. The van der Waals surface area contributed by atoms with Gasteiger partial charge in [-0.3, -0.25) is 4.79 Å². The molecule has 1 unspecified atom stereocenters. The van der Waals surface area contributed by atoms with Crippen molar-refractivity contribution in [3.63, 3.8) is 0 Å². The first-order valence-corrected chi connectivity index (χ1v) is 7.72. The first kappa shape index (κ1) is 15.8. The lowest BCUT2D eigenvalue weighted by Crippen LogP contribution is -2.30. The zero-order valence-corrected chi connectivity index (χ0v) is 12.4. The van der Waals surface area contributed by atoms with E-state index in [2.05, 4.69) is 10.6 Å². The lowest BCUT2D eigenvalue weighted by Gasteiger charge is -2.14. The van der Waals surface area contributed by atoms with Gasteiger partial charge in [-0.25, -0.2) is 4.39 Å². The second-order valence-electron chi connectivity index (χ2n) is 4.35. The lowest BCUT2D eigenvalue weighted by atomic mass is 10.1. The van der Waals surface area contributed by atoms with Crippen molar-refractivity contribution in [2.24, 2.45) is 0 Å². The van der Waals surface area contributed by atoms with Crippen LogP contribution >= 0.6 is 11.8 Å². The number of thioether (sulfide) groups is 1. The molecule has 0 aromatic heterocycles. The number of hydrogen-bond acceptors (Lipinski definition) is 3. The molecule has 0 heterocycles. The summed E-state index contributed by atoms with van der Waals surface area (Å²) >= 11 is 1.68. The number of nitrogens with one attached hydrogen (secondary N) is 2. The zero-order valence-electron chi connectivity index (χ0n) is 11.6. The zero-order chi connectivity index (χ0) is 14.3. The highest BCUT2D eigenvalue weighted by Gasteiger charge is 2.15. The molecule has 0 fully saturated rings. The van der Waals surface area contributed by atoms with Gasteiger partial charge in [-0.05, 0) is 24.8 Å². The summed E-state index contributed by atoms with van der Waals surface area (Å²) < 4.78 is 13.8. The molecule has 0 saturated heterocycles. The van der Waals surface area contributed by atoms with Gasteiger partial charge in [0, 0.05) is 18.3 Å². The van der Waals surface area contributed by atoms with Gasteiger partial charge < -0.3 is 10.6 Å². The maximum atomic E-state index is 13.8. The predicted molar refractivity (Wildman–Crippen MR) is 80.5 cm³/mol. The van der Waals surface area contributed by atoms with E-state index in [1.807, 2.05) is 20.1 Å². The van der Waals surface area contributed by atoms with Crippen LogP contribution in [-0.4, -0.2) is 30.5 Å². The van der Waals surface area contributed by atoms with Crippen LogP contribution < -0.4 is 10.6 Å². The summed E-state index contributed by atoms with van der Waals surface area (Å²) in [7, 11) is 0. The third-order valence-corrected chi connectivity index (χ3v) is 3.73. The minimum absolute atomic E-state index is 0.237. The number of benzene rings is 1. The lowest BCUT2D eigenvalue weighted by molar-refractivity contribution is 0.0954. The van der Waals surface area contributed by atoms with Crippen molar-refractivity contribution in [2.45, 2.75) is 25.5 Å². The molecule has 5 heteroatoms. The maximum absolute atomic E-state index is 13.8. The van der Waals surface area contributed by atoms with Gasteiger partial charge in [0.1, 0.15) is 5.82 Å². The van der Waals surface area contributed by atoms with Crippen molar-refractivity contribution in [3.8, 4) is 0 Å². The fourth-order valence-corrected chi connectivity index (χ4v) is 1.81. The Labute approximate surface area is 118 Å². The molecule has 0 aliphatic heterocycles. The van der Waals surface area contributed by atoms with Crippen LogP contribution in [0, 0.1) is 5.82 Å². The van der Waals surface area contributed by atoms with E-state index in [1.165, 1.54) is 6.07 Å². The summed E-state index contributed by atoms with van der Waals surface area (Å²) in [4.78, 5) is 12.1. The monoisotopic (exact) mass is 284 g/mol. The van der Waals surface area contributed by atoms with Crippen molar-refractivity contribution >= 4 is 23.4 Å². The smallest absolute Gasteiger partial charge is 0.253 e. The molecule has 1 rings (SSSR count). The van der Waals surface area contributed by atoms with Gasteiger partial charge in [-0.1, -0.05) is 19.9 Å². The first-order chi connectivity index (χ1) is 9.10. The average molecular weight is 284 g/mol. The first-order valence-electron chi connectivity index (χ1n) is 6.43. The van der Waals surface area contributed by atoms with E-state index in [9.17, 15) is 9.18 Å². The van der Waals surface area contributed by atoms with E-state index < -0.39 is 0 Å². The highest BCUT2D eigenvalue weighted by molar-refractivity contribution is 7.99. The largest absolute Gasteiger partial charge is 0.382 e. The second kappa shape index (κ2) is 8.04. The normalized spacial score (nSPS) is 12.0. The molecule has 0 saturated carbocycles. The molecule has 2 N–H and O–H groups in total. The van der Waals surface area contributed by atoms with Gasteiger partial charge in [0.05, 0.1) is 11.3 Å². The number of carbonyl (C=O) groups is 1. The Hall–Kier alpha value is -1.23. The number of amides is 1. The summed E-state index contributed by atoms with van der Waals surface area (Å²) in [5, 5.41) is 6.14. The SMILES string of the molecule is CCCNc1c(F)cccc1C(=O)NCC(C)SC. The topological polar surface area (TPSA) is 41.1 Å². The molecule has 0 spiro atoms. The number of rotatable bonds is 7. The van der Waals surface area contributed by atoms with Crippen LogP contribution in [0.5, 0.6) is 0 Å². The molecular formula is C14H21FN2OS. The van der Waals surface area contributed by atoms with E-state index in [0.29, 0.717) is 29.6 Å². The number of para-hydroxylation sites is 1. The van der Waals surface area contributed by atoms with Crippen molar-refractivity contribution in [1.29, 1.82) is 0 Å². The number of carbonyl (C=O) groups excluding carboxylic acids is 1. The number of hydrogen-bond donors (Lipinski definition) is 2. The Bertz CT molecular complexity index is 426. The minimum Gasteiger partial charge on any atom is -0.382 e. The van der Waals surface area contributed by atoms with Gasteiger partial charge in [0.15, 0.2) is 0 Å². The van der Waals surface area contributed by atoms with E-state index >= 15 is 0 Å². The average Bonchev–Trinajstić information content (AvgIpc) is 2.42. The Morgan fingerprint density at radius 1 is 1.47 bits per heavy atom. The minimum atomic E-state index is -0.390. The fourth-order valence-electron chi connectivity index (χ4n) is 1.56. The third kappa shape index (κ3) is 4.74. The summed E-state index contributed by atoms with van der Waals surface area (Å²) in [6.45, 7) is 5.24. The van der Waals surface area contributed by atoms with Gasteiger partial charge in [0.2, 0.25) is 0 Å². The van der Waals surface area contributed by atoms with Crippen molar-refractivity contribution in [1.82, 2.24) is 5.32 Å². The quantitative estimate of drug-likeness (QED) is 0.808. The maximum Gasteiger partial charge on any atom is 0.253 e. The van der Waals surface area contributed by atoms with E-state index in [-0.39, 0.29) is 11.7 Å². The van der Waals surface area contributed by atoms with Gasteiger partial charge in [0.25, 0.3) is 5.91 Å². The van der Waals surface area contributed by atoms with E-state index in [1.54, 1.807) is 23.9 Å². The van der Waals surface area contributed by atoms with Crippen LogP contribution in [0.15, 0.2) is 18.2 Å². The third-order valence-electron chi connectivity index (χ3n) is 2.76. The molecule has 0 bridgehead atoms. The fraction of sp³-hybridized carbons (Fsp3) is 0.500. The van der Waals surface area contributed by atoms with Gasteiger partial charge in [-0.2, -0.15) is 11.8 Å². The predicted octanol–water partition coefficient (Wildman–Crippen LogP) is 3.13. The standard InChI is InChI=1S/C14H21FN2OS/c1-4-8-16-13-11(6-5-7-12(13)15)14(18)17-9-10(2)19-3/h5-7,10,16H,4,8-9H2,1-3H3,(H,17,18). The van der Waals surface area contributed by atoms with Crippen LogP contribution in [0.25, 0.3) is 0 Å². The Balaban J connectivity index is 2.80. The summed E-state index contributed by atoms with van der Waals surface area (Å²) in [6.07, 6.45) is 2.87. The Kier molecular flexibility index (Phi) is 6.70. The van der Waals surface area contributed by atoms with Crippen molar-refractivity contribution in [2.75, 3.05) is 24.7 Å². The molecule has 106 valence electrons. The van der Waals surface area contributed by atoms with Crippen molar-refractivity contribution in [3.05, 3.63) is 29.6 Å². The van der Waals surface area contributed by atoms with Gasteiger partial charge in [-0.15, -0.1) is 0 Å². The number of halogens is 1. The molecule has 0 aliphatic carbocycles. The molecule has 1 aromatic carbocycles. The molecule has 0 aliphatic rings. The molecule has 1 atom stereocenters.